The van der Waals surface area contributed by atoms with E-state index in [2.05, 4.69) is 5.32 Å². The summed E-state index contributed by atoms with van der Waals surface area (Å²) in [6.07, 6.45) is -1.10. The van der Waals surface area contributed by atoms with Crippen molar-refractivity contribution in [1.29, 1.82) is 0 Å². The molecule has 0 saturated heterocycles. The van der Waals surface area contributed by atoms with Crippen LogP contribution in [0.4, 0.5) is 11.4 Å². The molecule has 0 saturated carbocycles. The fraction of sp³-hybridized carbons (Fsp3) is 0.263. The molecular weight excluding hydrogens is 352 g/mol. The predicted octanol–water partition coefficient (Wildman–Crippen LogP) is 3.49. The first kappa shape index (κ1) is 19.9. The number of aryl methyl sites for hydroxylation is 1. The highest BCUT2D eigenvalue weighted by molar-refractivity contribution is 5.98. The lowest BCUT2D eigenvalue weighted by Crippen LogP contribution is -2.30. The zero-order chi connectivity index (χ0) is 20.0. The topological polar surface area (TPSA) is 108 Å². The molecule has 142 valence electrons. The number of esters is 1. The Balaban J connectivity index is 2.07. The van der Waals surface area contributed by atoms with E-state index in [1.54, 1.807) is 31.2 Å². The molecule has 2 rings (SSSR count). The molecule has 0 unspecified atom stereocenters. The molecule has 0 aliphatic heterocycles. The van der Waals surface area contributed by atoms with E-state index in [4.69, 9.17) is 9.47 Å². The van der Waals surface area contributed by atoms with E-state index in [1.165, 1.54) is 19.1 Å². The van der Waals surface area contributed by atoms with Gasteiger partial charge in [-0.1, -0.05) is 18.2 Å². The largest absolute Gasteiger partial charge is 0.492 e. The summed E-state index contributed by atoms with van der Waals surface area (Å²) < 4.78 is 10.6. The molecule has 0 radical (unpaired) electrons. The number of hydrogen-bond acceptors (Lipinski definition) is 6. The van der Waals surface area contributed by atoms with Crippen LogP contribution in [0, 0.1) is 17.0 Å². The van der Waals surface area contributed by atoms with E-state index in [0.717, 1.165) is 6.07 Å². The van der Waals surface area contributed by atoms with Crippen molar-refractivity contribution < 1.29 is 24.0 Å². The lowest BCUT2D eigenvalue weighted by atomic mass is 10.1. The van der Waals surface area contributed by atoms with Crippen molar-refractivity contribution in [1.82, 2.24) is 0 Å². The number of nitro groups is 1. The van der Waals surface area contributed by atoms with Crippen LogP contribution in [0.2, 0.25) is 0 Å². The quantitative estimate of drug-likeness (QED) is 0.453. The standard InChI is InChI=1S/C19H20N2O6/c1-4-26-17-8-6-5-7-15(17)20-18(22)13(3)27-19(23)14-10-9-12(2)16(11-14)21(24)25/h5-11,13H,4H2,1-3H3,(H,20,22)/t13-/m1/s1. The first-order valence-corrected chi connectivity index (χ1v) is 8.32. The molecule has 0 aliphatic carbocycles. The summed E-state index contributed by atoms with van der Waals surface area (Å²) in [4.78, 5) is 34.9. The van der Waals surface area contributed by atoms with Gasteiger partial charge >= 0.3 is 5.97 Å². The van der Waals surface area contributed by atoms with Crippen molar-refractivity contribution in [3.8, 4) is 5.75 Å². The number of nitro benzene ring substituents is 1. The fourth-order valence-electron chi connectivity index (χ4n) is 2.30. The van der Waals surface area contributed by atoms with Crippen molar-refractivity contribution in [3.63, 3.8) is 0 Å². The van der Waals surface area contributed by atoms with Gasteiger partial charge in [0.25, 0.3) is 11.6 Å². The molecule has 0 fully saturated rings. The van der Waals surface area contributed by atoms with Crippen LogP contribution < -0.4 is 10.1 Å². The molecule has 0 spiro atoms. The highest BCUT2D eigenvalue weighted by Crippen LogP contribution is 2.24. The molecule has 27 heavy (non-hydrogen) atoms. The number of nitrogens with zero attached hydrogens (tertiary/aromatic N) is 1. The third-order valence-corrected chi connectivity index (χ3v) is 3.74. The van der Waals surface area contributed by atoms with E-state index < -0.39 is 22.9 Å². The average Bonchev–Trinajstić information content (AvgIpc) is 2.63. The van der Waals surface area contributed by atoms with Crippen molar-refractivity contribution in [2.45, 2.75) is 26.9 Å². The van der Waals surface area contributed by atoms with Crippen LogP contribution in [0.5, 0.6) is 5.75 Å². The van der Waals surface area contributed by atoms with Crippen LogP contribution in [0.3, 0.4) is 0 Å². The second-order valence-electron chi connectivity index (χ2n) is 5.72. The van der Waals surface area contributed by atoms with Gasteiger partial charge in [0.2, 0.25) is 0 Å². The Bertz CT molecular complexity index is 865. The number of carbonyl (C=O) groups excluding carboxylic acids is 2. The van der Waals surface area contributed by atoms with E-state index in [0.29, 0.717) is 23.6 Å². The third-order valence-electron chi connectivity index (χ3n) is 3.74. The third kappa shape index (κ3) is 5.04. The molecule has 0 aromatic heterocycles. The first-order valence-electron chi connectivity index (χ1n) is 8.32. The lowest BCUT2D eigenvalue weighted by Gasteiger charge is -2.15. The summed E-state index contributed by atoms with van der Waals surface area (Å²) in [5, 5.41) is 13.6. The van der Waals surface area contributed by atoms with Gasteiger partial charge in [-0.15, -0.1) is 0 Å². The van der Waals surface area contributed by atoms with E-state index >= 15 is 0 Å². The highest BCUT2D eigenvalue weighted by Gasteiger charge is 2.22. The minimum Gasteiger partial charge on any atom is -0.492 e. The van der Waals surface area contributed by atoms with Crippen molar-refractivity contribution in [3.05, 3.63) is 63.7 Å². The van der Waals surface area contributed by atoms with Gasteiger partial charge in [-0.25, -0.2) is 4.79 Å². The summed E-state index contributed by atoms with van der Waals surface area (Å²) in [6, 6.07) is 10.9. The first-order chi connectivity index (χ1) is 12.8. The second kappa shape index (κ2) is 8.79. The van der Waals surface area contributed by atoms with E-state index in [-0.39, 0.29) is 11.3 Å². The average molecular weight is 372 g/mol. The van der Waals surface area contributed by atoms with Crippen molar-refractivity contribution >= 4 is 23.3 Å². The number of rotatable bonds is 7. The number of nitrogens with one attached hydrogen (secondary N) is 1. The molecule has 0 aliphatic rings. The van der Waals surface area contributed by atoms with Gasteiger partial charge in [0.1, 0.15) is 5.75 Å². The van der Waals surface area contributed by atoms with Gasteiger partial charge in [-0.05, 0) is 39.0 Å². The lowest BCUT2D eigenvalue weighted by molar-refractivity contribution is -0.385. The maximum absolute atomic E-state index is 12.3. The monoisotopic (exact) mass is 372 g/mol. The Kier molecular flexibility index (Phi) is 6.48. The Morgan fingerprint density at radius 3 is 2.59 bits per heavy atom. The Labute approximate surface area is 156 Å². The van der Waals surface area contributed by atoms with Gasteiger partial charge in [-0.2, -0.15) is 0 Å². The molecule has 0 heterocycles. The van der Waals surface area contributed by atoms with Crippen LogP contribution in [-0.4, -0.2) is 29.5 Å². The Hall–Kier alpha value is -3.42. The van der Waals surface area contributed by atoms with E-state index in [1.807, 2.05) is 6.92 Å². The molecule has 2 aromatic rings. The van der Waals surface area contributed by atoms with Crippen LogP contribution in [-0.2, 0) is 9.53 Å². The minimum absolute atomic E-state index is 0.00154. The molecule has 0 bridgehead atoms. The van der Waals surface area contributed by atoms with E-state index in [9.17, 15) is 19.7 Å². The number of para-hydroxylation sites is 2. The van der Waals surface area contributed by atoms with Gasteiger partial charge in [0.15, 0.2) is 6.10 Å². The summed E-state index contributed by atoms with van der Waals surface area (Å²) in [6.45, 7) is 5.24. The molecule has 1 N–H and O–H groups in total. The van der Waals surface area contributed by atoms with Gasteiger partial charge < -0.3 is 14.8 Å². The normalized spacial score (nSPS) is 11.4. The van der Waals surface area contributed by atoms with Crippen molar-refractivity contribution in [2.75, 3.05) is 11.9 Å². The summed E-state index contributed by atoms with van der Waals surface area (Å²) in [5.41, 5.74) is 0.696. The number of benzene rings is 2. The molecule has 1 amide bonds. The minimum atomic E-state index is -1.10. The zero-order valence-corrected chi connectivity index (χ0v) is 15.2. The molecule has 2 aromatic carbocycles. The smallest absolute Gasteiger partial charge is 0.339 e. The van der Waals surface area contributed by atoms with Crippen LogP contribution in [0.15, 0.2) is 42.5 Å². The number of carbonyl (C=O) groups is 2. The molecule has 1 atom stereocenters. The maximum atomic E-state index is 12.3. The van der Waals surface area contributed by atoms with Gasteiger partial charge in [0.05, 0.1) is 22.8 Å². The van der Waals surface area contributed by atoms with Crippen LogP contribution in [0.1, 0.15) is 29.8 Å². The number of amides is 1. The molecule has 8 nitrogen and oxygen atoms in total. The summed E-state index contributed by atoms with van der Waals surface area (Å²) in [7, 11) is 0. The van der Waals surface area contributed by atoms with Gasteiger partial charge in [-0.3, -0.25) is 14.9 Å². The fourth-order valence-corrected chi connectivity index (χ4v) is 2.30. The number of anilines is 1. The Morgan fingerprint density at radius 2 is 1.93 bits per heavy atom. The summed E-state index contributed by atoms with van der Waals surface area (Å²) >= 11 is 0. The maximum Gasteiger partial charge on any atom is 0.339 e. The SMILES string of the molecule is CCOc1ccccc1NC(=O)[C@@H](C)OC(=O)c1ccc(C)c([N+](=O)[O-])c1. The number of ether oxygens (including phenoxy) is 2. The van der Waals surface area contributed by atoms with Crippen LogP contribution >= 0.6 is 0 Å². The Morgan fingerprint density at radius 1 is 1.22 bits per heavy atom. The predicted molar refractivity (Wildman–Crippen MR) is 99.0 cm³/mol. The van der Waals surface area contributed by atoms with Gasteiger partial charge in [0, 0.05) is 11.6 Å². The highest BCUT2D eigenvalue weighted by atomic mass is 16.6. The molecule has 8 heteroatoms. The van der Waals surface area contributed by atoms with Crippen molar-refractivity contribution in [2.24, 2.45) is 0 Å². The zero-order valence-electron chi connectivity index (χ0n) is 15.2. The molecular formula is C19H20N2O6. The summed E-state index contributed by atoms with van der Waals surface area (Å²) in [5.74, 6) is -0.864. The second-order valence-corrected chi connectivity index (χ2v) is 5.72. The number of hydrogen-bond donors (Lipinski definition) is 1. The van der Waals surface area contributed by atoms with Crippen LogP contribution in [0.25, 0.3) is 0 Å².